The highest BCUT2D eigenvalue weighted by Gasteiger charge is 2.16. The number of carboxylic acids is 1. The van der Waals surface area contributed by atoms with Crippen molar-refractivity contribution >= 4 is 28.0 Å². The minimum atomic E-state index is -1.01. The third-order valence-electron chi connectivity index (χ3n) is 2.11. The summed E-state index contributed by atoms with van der Waals surface area (Å²) in [6.45, 7) is 5.51. The van der Waals surface area contributed by atoms with Crippen molar-refractivity contribution in [1.82, 2.24) is 5.32 Å². The average Bonchev–Trinajstić information content (AvgIpc) is 2.25. The number of carbonyl (C=O) groups excluding carboxylic acids is 1. The molecular formula is C13H16BrNO4. The van der Waals surface area contributed by atoms with Gasteiger partial charge in [-0.1, -0.05) is 15.9 Å². The first-order valence-corrected chi connectivity index (χ1v) is 6.47. The van der Waals surface area contributed by atoms with Crippen LogP contribution < -0.4 is 5.32 Å². The number of alkyl carbamates (subject to hydrolysis) is 1. The number of nitrogens with one attached hydrogen (secondary N) is 1. The third-order valence-corrected chi connectivity index (χ3v) is 2.89. The molecule has 2 N–H and O–H groups in total. The Bertz CT molecular complexity index is 494. The van der Waals surface area contributed by atoms with E-state index in [4.69, 9.17) is 9.84 Å². The van der Waals surface area contributed by atoms with Crippen LogP contribution in [0.2, 0.25) is 0 Å². The zero-order valence-electron chi connectivity index (χ0n) is 11.0. The van der Waals surface area contributed by atoms with Gasteiger partial charge in [-0.3, -0.25) is 0 Å². The van der Waals surface area contributed by atoms with Gasteiger partial charge in [0.2, 0.25) is 0 Å². The van der Waals surface area contributed by atoms with Gasteiger partial charge >= 0.3 is 12.1 Å². The molecule has 0 aliphatic heterocycles. The molecule has 104 valence electrons. The van der Waals surface area contributed by atoms with Crippen LogP contribution in [0, 0.1) is 0 Å². The molecule has 0 fully saturated rings. The normalized spacial score (nSPS) is 10.9. The van der Waals surface area contributed by atoms with E-state index >= 15 is 0 Å². The van der Waals surface area contributed by atoms with Gasteiger partial charge in [0.25, 0.3) is 0 Å². The number of benzene rings is 1. The molecule has 0 atom stereocenters. The predicted molar refractivity (Wildman–Crippen MR) is 74.2 cm³/mol. The highest BCUT2D eigenvalue weighted by atomic mass is 79.9. The molecule has 0 heterocycles. The van der Waals surface area contributed by atoms with Crippen LogP contribution in [-0.4, -0.2) is 22.8 Å². The minimum Gasteiger partial charge on any atom is -0.478 e. The zero-order chi connectivity index (χ0) is 14.6. The SMILES string of the molecule is CC(C)(C)OC(=O)NCc1cc(C(=O)O)ccc1Br. The maximum absolute atomic E-state index is 11.5. The van der Waals surface area contributed by atoms with E-state index in [1.807, 2.05) is 0 Å². The molecule has 0 bridgehead atoms. The summed E-state index contributed by atoms with van der Waals surface area (Å²) in [6.07, 6.45) is -0.542. The van der Waals surface area contributed by atoms with Crippen molar-refractivity contribution in [2.24, 2.45) is 0 Å². The summed E-state index contributed by atoms with van der Waals surface area (Å²) in [7, 11) is 0. The van der Waals surface area contributed by atoms with Crippen LogP contribution in [0.5, 0.6) is 0 Å². The van der Waals surface area contributed by atoms with Gasteiger partial charge in [0.05, 0.1) is 5.56 Å². The van der Waals surface area contributed by atoms with Gasteiger partial charge < -0.3 is 15.2 Å². The van der Waals surface area contributed by atoms with E-state index in [0.29, 0.717) is 5.56 Å². The Morgan fingerprint density at radius 3 is 2.53 bits per heavy atom. The van der Waals surface area contributed by atoms with E-state index in [9.17, 15) is 9.59 Å². The van der Waals surface area contributed by atoms with Crippen molar-refractivity contribution in [1.29, 1.82) is 0 Å². The number of hydrogen-bond acceptors (Lipinski definition) is 3. The van der Waals surface area contributed by atoms with Crippen molar-refractivity contribution in [3.05, 3.63) is 33.8 Å². The van der Waals surface area contributed by atoms with Gasteiger partial charge in [0.1, 0.15) is 5.60 Å². The largest absolute Gasteiger partial charge is 0.478 e. The molecule has 1 aromatic carbocycles. The van der Waals surface area contributed by atoms with Crippen LogP contribution in [0.3, 0.4) is 0 Å². The molecule has 0 aliphatic carbocycles. The van der Waals surface area contributed by atoms with E-state index < -0.39 is 17.7 Å². The van der Waals surface area contributed by atoms with Gasteiger partial charge in [-0.05, 0) is 44.5 Å². The molecule has 1 amide bonds. The van der Waals surface area contributed by atoms with Crippen LogP contribution in [0.1, 0.15) is 36.7 Å². The van der Waals surface area contributed by atoms with E-state index in [-0.39, 0.29) is 12.1 Å². The van der Waals surface area contributed by atoms with Crippen LogP contribution in [0.25, 0.3) is 0 Å². The first kappa shape index (κ1) is 15.5. The Balaban J connectivity index is 2.70. The zero-order valence-corrected chi connectivity index (χ0v) is 12.6. The molecule has 0 unspecified atom stereocenters. The number of hydrogen-bond donors (Lipinski definition) is 2. The molecule has 1 rings (SSSR count). The van der Waals surface area contributed by atoms with Gasteiger partial charge in [0.15, 0.2) is 0 Å². The van der Waals surface area contributed by atoms with Crippen molar-refractivity contribution < 1.29 is 19.4 Å². The van der Waals surface area contributed by atoms with Crippen molar-refractivity contribution in [3.8, 4) is 0 Å². The van der Waals surface area contributed by atoms with E-state index in [2.05, 4.69) is 21.2 Å². The van der Waals surface area contributed by atoms with Crippen molar-refractivity contribution in [2.75, 3.05) is 0 Å². The molecule has 1 aromatic rings. The minimum absolute atomic E-state index is 0.171. The Morgan fingerprint density at radius 1 is 1.37 bits per heavy atom. The molecule has 5 nitrogen and oxygen atoms in total. The fourth-order valence-corrected chi connectivity index (χ4v) is 1.71. The lowest BCUT2D eigenvalue weighted by atomic mass is 10.1. The lowest BCUT2D eigenvalue weighted by Crippen LogP contribution is -2.32. The smallest absolute Gasteiger partial charge is 0.407 e. The second-order valence-electron chi connectivity index (χ2n) is 4.97. The monoisotopic (exact) mass is 329 g/mol. The van der Waals surface area contributed by atoms with E-state index in [0.717, 1.165) is 4.47 Å². The van der Waals surface area contributed by atoms with Crippen LogP contribution in [-0.2, 0) is 11.3 Å². The fourth-order valence-electron chi connectivity index (χ4n) is 1.32. The van der Waals surface area contributed by atoms with Crippen LogP contribution in [0.4, 0.5) is 4.79 Å². The summed E-state index contributed by atoms with van der Waals surface area (Å²) >= 11 is 3.31. The molecule has 0 aromatic heterocycles. The van der Waals surface area contributed by atoms with Gasteiger partial charge in [0, 0.05) is 11.0 Å². The van der Waals surface area contributed by atoms with Crippen molar-refractivity contribution in [3.63, 3.8) is 0 Å². The Hall–Kier alpha value is -1.56. The Morgan fingerprint density at radius 2 is 2.00 bits per heavy atom. The predicted octanol–water partition coefficient (Wildman–Crippen LogP) is 3.17. The van der Waals surface area contributed by atoms with Crippen LogP contribution in [0.15, 0.2) is 22.7 Å². The highest BCUT2D eigenvalue weighted by Crippen LogP contribution is 2.18. The topological polar surface area (TPSA) is 75.6 Å². The molecule has 0 saturated carbocycles. The number of carbonyl (C=O) groups is 2. The number of rotatable bonds is 3. The summed E-state index contributed by atoms with van der Waals surface area (Å²) < 4.78 is 5.83. The van der Waals surface area contributed by atoms with E-state index in [1.165, 1.54) is 12.1 Å². The summed E-state index contributed by atoms with van der Waals surface area (Å²) in [5.74, 6) is -1.01. The first-order chi connectivity index (χ1) is 8.69. The molecule has 6 heteroatoms. The standard InChI is InChI=1S/C13H16BrNO4/c1-13(2,3)19-12(18)15-7-9-6-8(11(16)17)4-5-10(9)14/h4-6H,7H2,1-3H3,(H,15,18)(H,16,17). The summed E-state index contributed by atoms with van der Waals surface area (Å²) in [6, 6.07) is 4.63. The molecule has 0 aliphatic rings. The Kier molecular flexibility index (Phi) is 4.94. The number of halogens is 1. The fraction of sp³-hybridized carbons (Fsp3) is 0.385. The van der Waals surface area contributed by atoms with Crippen LogP contribution >= 0.6 is 15.9 Å². The van der Waals surface area contributed by atoms with Gasteiger partial charge in [-0.2, -0.15) is 0 Å². The molecule has 0 spiro atoms. The molecule has 19 heavy (non-hydrogen) atoms. The summed E-state index contributed by atoms with van der Waals surface area (Å²) in [4.78, 5) is 22.4. The Labute approximate surface area is 120 Å². The molecule has 0 saturated heterocycles. The maximum Gasteiger partial charge on any atom is 0.407 e. The first-order valence-electron chi connectivity index (χ1n) is 5.67. The number of ether oxygens (including phenoxy) is 1. The van der Waals surface area contributed by atoms with Crippen molar-refractivity contribution in [2.45, 2.75) is 32.9 Å². The molecule has 0 radical (unpaired) electrons. The van der Waals surface area contributed by atoms with Gasteiger partial charge in [-0.15, -0.1) is 0 Å². The summed E-state index contributed by atoms with van der Waals surface area (Å²) in [5, 5.41) is 11.5. The maximum atomic E-state index is 11.5. The number of aromatic carboxylic acids is 1. The average molecular weight is 330 g/mol. The van der Waals surface area contributed by atoms with Gasteiger partial charge in [-0.25, -0.2) is 9.59 Å². The van der Waals surface area contributed by atoms with E-state index in [1.54, 1.807) is 26.8 Å². The lowest BCUT2D eigenvalue weighted by molar-refractivity contribution is 0.0523. The molecular weight excluding hydrogens is 314 g/mol. The highest BCUT2D eigenvalue weighted by molar-refractivity contribution is 9.10. The third kappa shape index (κ3) is 5.30. The second kappa shape index (κ2) is 6.06. The summed E-state index contributed by atoms with van der Waals surface area (Å²) in [5.41, 5.74) is 0.277. The number of carboxylic acid groups (broad SMARTS) is 1. The quantitative estimate of drug-likeness (QED) is 0.893. The number of amides is 1. The second-order valence-corrected chi connectivity index (χ2v) is 5.82. The lowest BCUT2D eigenvalue weighted by Gasteiger charge is -2.19.